The molecule has 1 rings (SSSR count). The van der Waals surface area contributed by atoms with Crippen LogP contribution in [-0.2, 0) is 10.2 Å². The van der Waals surface area contributed by atoms with Gasteiger partial charge in [-0.05, 0) is 73.8 Å². The third-order valence-corrected chi connectivity index (χ3v) is 5.98. The predicted molar refractivity (Wildman–Crippen MR) is 107 cm³/mol. The summed E-state index contributed by atoms with van der Waals surface area (Å²) in [7, 11) is 0. The number of amides is 1. The van der Waals surface area contributed by atoms with Crippen LogP contribution in [0, 0.1) is 6.92 Å². The molecular weight excluding hydrogens is 354 g/mol. The summed E-state index contributed by atoms with van der Waals surface area (Å²) in [5.41, 5.74) is 2.19. The lowest BCUT2D eigenvalue weighted by Crippen LogP contribution is -2.27. The summed E-state index contributed by atoms with van der Waals surface area (Å²) in [5.74, 6) is 0. The van der Waals surface area contributed by atoms with Crippen LogP contribution in [-0.4, -0.2) is 35.1 Å². The van der Waals surface area contributed by atoms with E-state index in [0.29, 0.717) is 19.7 Å². The van der Waals surface area contributed by atoms with Crippen LogP contribution in [0.25, 0.3) is 0 Å². The fourth-order valence-electron chi connectivity index (χ4n) is 2.56. The number of benzene rings is 1. The van der Waals surface area contributed by atoms with Gasteiger partial charge in [-0.2, -0.15) is 0 Å². The van der Waals surface area contributed by atoms with Gasteiger partial charge in [-0.25, -0.2) is 4.79 Å². The minimum atomic E-state index is -0.345. The second-order valence-corrected chi connectivity index (χ2v) is 8.58. The maximum absolute atomic E-state index is 12.6. The summed E-state index contributed by atoms with van der Waals surface area (Å²) in [6.07, 6.45) is 0. The number of nitrogens with zero attached hydrogens (tertiary/aromatic N) is 1. The Bertz CT molecular complexity index is 620. The van der Waals surface area contributed by atoms with Crippen LogP contribution in [0.15, 0.2) is 21.9 Å². The highest BCUT2D eigenvalue weighted by Crippen LogP contribution is 2.40. The molecule has 1 aromatic carbocycles. The average Bonchev–Trinajstić information content (AvgIpc) is 2.51. The van der Waals surface area contributed by atoms with Crippen LogP contribution in [0.2, 0.25) is 0 Å². The van der Waals surface area contributed by atoms with Crippen molar-refractivity contribution in [2.24, 2.45) is 0 Å². The summed E-state index contributed by atoms with van der Waals surface area (Å²) in [6, 6.07) is 3.97. The molecule has 25 heavy (non-hydrogen) atoms. The van der Waals surface area contributed by atoms with Gasteiger partial charge in [-0.15, -0.1) is 0 Å². The average molecular weight is 384 g/mol. The molecule has 0 aliphatic carbocycles. The lowest BCUT2D eigenvalue weighted by atomic mass is 9.84. The van der Waals surface area contributed by atoms with Gasteiger partial charge in [0.2, 0.25) is 0 Å². The topological polar surface area (TPSA) is 46.6 Å². The Morgan fingerprint density at radius 3 is 2.16 bits per heavy atom. The van der Waals surface area contributed by atoms with Crippen molar-refractivity contribution in [2.45, 2.75) is 63.7 Å². The van der Waals surface area contributed by atoms with Crippen molar-refractivity contribution in [2.75, 3.05) is 19.7 Å². The van der Waals surface area contributed by atoms with E-state index < -0.39 is 0 Å². The van der Waals surface area contributed by atoms with Crippen molar-refractivity contribution >= 4 is 34.1 Å². The molecule has 0 bridgehead atoms. The molecule has 0 saturated heterocycles. The van der Waals surface area contributed by atoms with Crippen molar-refractivity contribution in [1.82, 2.24) is 4.90 Å². The molecule has 1 aromatic rings. The van der Waals surface area contributed by atoms with Gasteiger partial charge >= 0.3 is 5.30 Å². The number of rotatable bonds is 5. The molecule has 0 aliphatic rings. The van der Waals surface area contributed by atoms with E-state index in [1.807, 2.05) is 32.9 Å². The van der Waals surface area contributed by atoms with E-state index in [4.69, 9.17) is 4.74 Å². The third-order valence-electron chi connectivity index (χ3n) is 3.84. The largest absolute Gasteiger partial charge is 0.458 e. The Balaban J connectivity index is 3.31. The van der Waals surface area contributed by atoms with Gasteiger partial charge in [0.25, 0.3) is 5.24 Å². The monoisotopic (exact) mass is 383 g/mol. The zero-order chi connectivity index (χ0) is 19.2. The third kappa shape index (κ3) is 5.96. The van der Waals surface area contributed by atoms with Crippen molar-refractivity contribution in [3.63, 3.8) is 0 Å². The lowest BCUT2D eigenvalue weighted by Gasteiger charge is -2.25. The smallest absolute Gasteiger partial charge is 0.372 e. The van der Waals surface area contributed by atoms with Crippen LogP contribution in [0.5, 0.6) is 0 Å². The first-order valence-electron chi connectivity index (χ1n) is 8.61. The Hall–Kier alpha value is -1.14. The molecule has 0 atom stereocenters. The summed E-state index contributed by atoms with van der Waals surface area (Å²) in [4.78, 5) is 27.9. The number of ether oxygens (including phenoxy) is 1. The van der Waals surface area contributed by atoms with Crippen molar-refractivity contribution in [1.29, 1.82) is 0 Å². The van der Waals surface area contributed by atoms with E-state index in [2.05, 4.69) is 20.8 Å². The van der Waals surface area contributed by atoms with E-state index in [-0.39, 0.29) is 16.0 Å². The molecule has 6 heteroatoms. The van der Waals surface area contributed by atoms with E-state index in [1.54, 1.807) is 11.8 Å². The molecule has 4 nitrogen and oxygen atoms in total. The van der Waals surface area contributed by atoms with Crippen LogP contribution >= 0.6 is 23.5 Å². The Kier molecular flexibility index (Phi) is 8.35. The van der Waals surface area contributed by atoms with E-state index in [0.717, 1.165) is 27.1 Å². The SMILES string of the molecule is CCOC(=O)Sc1ccc(C(C)(C)C)c(C)c1SC(=O)N(CC)CC. The van der Waals surface area contributed by atoms with Gasteiger partial charge in [0, 0.05) is 22.9 Å². The summed E-state index contributed by atoms with van der Waals surface area (Å²) in [5, 5.41) is -0.340. The number of carbonyl (C=O) groups excluding carboxylic acids is 2. The standard InChI is InChI=1S/C19H29NO3S2/c1-8-20(9-2)17(21)25-16-13(4)14(19(5,6)7)11-12-15(16)24-18(22)23-10-3/h11-12H,8-10H2,1-7H3. The number of carbonyl (C=O) groups is 2. The highest BCUT2D eigenvalue weighted by Gasteiger charge is 2.24. The minimum Gasteiger partial charge on any atom is -0.458 e. The fourth-order valence-corrected chi connectivity index (χ4v) is 4.54. The molecule has 0 aliphatic heterocycles. The normalized spacial score (nSPS) is 11.3. The number of thioether (sulfide) groups is 2. The molecule has 0 aromatic heterocycles. The van der Waals surface area contributed by atoms with Gasteiger partial charge in [0.05, 0.1) is 6.61 Å². The van der Waals surface area contributed by atoms with Gasteiger partial charge in [0.15, 0.2) is 0 Å². The first kappa shape index (κ1) is 21.9. The van der Waals surface area contributed by atoms with Crippen molar-refractivity contribution in [3.05, 3.63) is 23.3 Å². The molecule has 0 heterocycles. The van der Waals surface area contributed by atoms with Gasteiger partial charge < -0.3 is 9.64 Å². The van der Waals surface area contributed by atoms with Gasteiger partial charge in [0.1, 0.15) is 0 Å². The second-order valence-electron chi connectivity index (χ2n) is 6.64. The van der Waals surface area contributed by atoms with E-state index in [1.165, 1.54) is 17.3 Å². The van der Waals surface area contributed by atoms with Crippen LogP contribution < -0.4 is 0 Å². The molecule has 0 saturated carbocycles. The zero-order valence-electron chi connectivity index (χ0n) is 16.3. The highest BCUT2D eigenvalue weighted by atomic mass is 32.2. The zero-order valence-corrected chi connectivity index (χ0v) is 17.9. The number of hydrogen-bond acceptors (Lipinski definition) is 5. The Morgan fingerprint density at radius 2 is 1.68 bits per heavy atom. The molecule has 0 unspecified atom stereocenters. The predicted octanol–water partition coefficient (Wildman–Crippen LogP) is 6.10. The lowest BCUT2D eigenvalue weighted by molar-refractivity contribution is 0.181. The van der Waals surface area contributed by atoms with E-state index >= 15 is 0 Å². The molecule has 0 radical (unpaired) electrons. The quantitative estimate of drug-likeness (QED) is 0.454. The summed E-state index contributed by atoms with van der Waals surface area (Å²) >= 11 is 2.25. The van der Waals surface area contributed by atoms with E-state index in [9.17, 15) is 9.59 Å². The molecule has 1 amide bonds. The molecule has 140 valence electrons. The van der Waals surface area contributed by atoms with Crippen LogP contribution in [0.1, 0.15) is 52.7 Å². The maximum Gasteiger partial charge on any atom is 0.372 e. The minimum absolute atomic E-state index is 0.00451. The van der Waals surface area contributed by atoms with Crippen LogP contribution in [0.4, 0.5) is 9.59 Å². The summed E-state index contributed by atoms with van der Waals surface area (Å²) < 4.78 is 5.05. The maximum atomic E-state index is 12.6. The van der Waals surface area contributed by atoms with Gasteiger partial charge in [-0.3, -0.25) is 4.79 Å². The van der Waals surface area contributed by atoms with Crippen molar-refractivity contribution in [3.8, 4) is 0 Å². The molecular formula is C19H29NO3S2. The molecule has 0 N–H and O–H groups in total. The van der Waals surface area contributed by atoms with Crippen LogP contribution in [0.3, 0.4) is 0 Å². The first-order chi connectivity index (χ1) is 11.6. The highest BCUT2D eigenvalue weighted by molar-refractivity contribution is 8.16. The summed E-state index contributed by atoms with van der Waals surface area (Å²) in [6.45, 7) is 15.9. The van der Waals surface area contributed by atoms with Gasteiger partial charge in [-0.1, -0.05) is 26.8 Å². The van der Waals surface area contributed by atoms with Crippen molar-refractivity contribution < 1.29 is 14.3 Å². The molecule has 0 fully saturated rings. The molecule has 0 spiro atoms. The number of hydrogen-bond donors (Lipinski definition) is 0. The Labute approximate surface area is 160 Å². The fraction of sp³-hybridized carbons (Fsp3) is 0.579. The second kappa shape index (κ2) is 9.53. The Morgan fingerprint density at radius 1 is 1.08 bits per heavy atom. The first-order valence-corrected chi connectivity index (χ1v) is 10.2.